The van der Waals surface area contributed by atoms with E-state index in [4.69, 9.17) is 16.7 Å². The van der Waals surface area contributed by atoms with Gasteiger partial charge in [0.1, 0.15) is 4.90 Å². The van der Waals surface area contributed by atoms with Crippen molar-refractivity contribution in [1.82, 2.24) is 4.90 Å². The van der Waals surface area contributed by atoms with Crippen LogP contribution in [0, 0.1) is 17.7 Å². The number of likely N-dealkylation sites (tertiary alicyclic amines) is 1. The molecule has 1 aliphatic heterocycles. The molecule has 2 atom stereocenters. The molecule has 1 aliphatic rings. The molecule has 0 spiro atoms. The number of carbonyl (C=O) groups is 1. The van der Waals surface area contributed by atoms with E-state index >= 15 is 0 Å². The lowest BCUT2D eigenvalue weighted by molar-refractivity contribution is 0.0779. The Morgan fingerprint density at radius 3 is 2.33 bits per heavy atom. The Balaban J connectivity index is 2.45. The summed E-state index contributed by atoms with van der Waals surface area (Å²) in [6.07, 6.45) is 0. The molecule has 1 heterocycles. The fourth-order valence-electron chi connectivity index (χ4n) is 2.39. The molecule has 1 saturated heterocycles. The van der Waals surface area contributed by atoms with Crippen LogP contribution < -0.4 is 5.14 Å². The van der Waals surface area contributed by atoms with Crippen molar-refractivity contribution in [3.8, 4) is 0 Å². The van der Waals surface area contributed by atoms with Crippen LogP contribution in [0.4, 0.5) is 4.39 Å². The highest BCUT2D eigenvalue weighted by Gasteiger charge is 2.32. The SMILES string of the molecule is CC1CN(C(=O)c2cc(Cl)cc(S(N)(=O)=O)c2F)CC1C. The molecule has 0 aliphatic carbocycles. The number of primary sulfonamides is 1. The summed E-state index contributed by atoms with van der Waals surface area (Å²) >= 11 is 5.78. The number of hydrogen-bond donors (Lipinski definition) is 1. The molecule has 0 aromatic heterocycles. The fourth-order valence-corrected chi connectivity index (χ4v) is 3.33. The van der Waals surface area contributed by atoms with Crippen LogP contribution in [0.25, 0.3) is 0 Å². The first-order valence-electron chi connectivity index (χ1n) is 6.42. The van der Waals surface area contributed by atoms with Crippen LogP contribution in [0.2, 0.25) is 5.02 Å². The van der Waals surface area contributed by atoms with E-state index in [9.17, 15) is 17.6 Å². The minimum atomic E-state index is -4.29. The molecule has 0 radical (unpaired) electrons. The molecule has 21 heavy (non-hydrogen) atoms. The lowest BCUT2D eigenvalue weighted by atomic mass is 10.0. The number of amides is 1. The van der Waals surface area contributed by atoms with Gasteiger partial charge >= 0.3 is 0 Å². The summed E-state index contributed by atoms with van der Waals surface area (Å²) < 4.78 is 37.0. The molecule has 1 aromatic carbocycles. The van der Waals surface area contributed by atoms with Crippen molar-refractivity contribution >= 4 is 27.5 Å². The van der Waals surface area contributed by atoms with Crippen LogP contribution in [0.15, 0.2) is 17.0 Å². The summed E-state index contributed by atoms with van der Waals surface area (Å²) in [5.41, 5.74) is -0.368. The van der Waals surface area contributed by atoms with Crippen molar-refractivity contribution in [3.63, 3.8) is 0 Å². The van der Waals surface area contributed by atoms with Gasteiger partial charge in [-0.2, -0.15) is 0 Å². The minimum absolute atomic E-state index is 0.0518. The highest BCUT2D eigenvalue weighted by atomic mass is 35.5. The first-order valence-corrected chi connectivity index (χ1v) is 8.34. The molecule has 1 aromatic rings. The predicted octanol–water partition coefficient (Wildman–Crippen LogP) is 1.85. The van der Waals surface area contributed by atoms with Crippen LogP contribution in [-0.2, 0) is 10.0 Å². The number of nitrogens with two attached hydrogens (primary N) is 1. The molecule has 0 bridgehead atoms. The van der Waals surface area contributed by atoms with Crippen LogP contribution in [0.5, 0.6) is 0 Å². The van der Waals surface area contributed by atoms with Gasteiger partial charge in [-0.3, -0.25) is 4.79 Å². The Kier molecular flexibility index (Phi) is 4.28. The molecule has 1 fully saturated rings. The quantitative estimate of drug-likeness (QED) is 0.896. The van der Waals surface area contributed by atoms with Gasteiger partial charge in [0.25, 0.3) is 5.91 Å². The van der Waals surface area contributed by atoms with E-state index in [1.54, 1.807) is 0 Å². The molecule has 1 amide bonds. The largest absolute Gasteiger partial charge is 0.338 e. The fraction of sp³-hybridized carbons (Fsp3) is 0.462. The molecular formula is C13H16ClFN2O3S. The minimum Gasteiger partial charge on any atom is -0.338 e. The number of halogens is 2. The first kappa shape index (κ1) is 16.2. The third-order valence-corrected chi connectivity index (χ3v) is 4.94. The third-order valence-electron chi connectivity index (χ3n) is 3.82. The lowest BCUT2D eigenvalue weighted by Crippen LogP contribution is -2.30. The van der Waals surface area contributed by atoms with Crippen molar-refractivity contribution in [2.75, 3.05) is 13.1 Å². The Bertz CT molecular complexity index is 683. The molecule has 2 N–H and O–H groups in total. The van der Waals surface area contributed by atoms with E-state index in [-0.39, 0.29) is 10.6 Å². The van der Waals surface area contributed by atoms with Crippen LogP contribution in [0.3, 0.4) is 0 Å². The molecule has 116 valence electrons. The number of rotatable bonds is 2. The maximum Gasteiger partial charge on any atom is 0.256 e. The second kappa shape index (κ2) is 5.55. The third kappa shape index (κ3) is 3.20. The Morgan fingerprint density at radius 1 is 1.33 bits per heavy atom. The van der Waals surface area contributed by atoms with Gasteiger partial charge in [-0.15, -0.1) is 0 Å². The van der Waals surface area contributed by atoms with Crippen LogP contribution in [0.1, 0.15) is 24.2 Å². The van der Waals surface area contributed by atoms with Gasteiger partial charge in [-0.25, -0.2) is 17.9 Å². The average Bonchev–Trinajstić information content (AvgIpc) is 2.70. The van der Waals surface area contributed by atoms with Gasteiger partial charge < -0.3 is 4.90 Å². The van der Waals surface area contributed by atoms with Crippen molar-refractivity contribution in [2.24, 2.45) is 17.0 Å². The maximum absolute atomic E-state index is 14.3. The van der Waals surface area contributed by atoms with E-state index in [1.165, 1.54) is 4.90 Å². The number of carbonyl (C=O) groups excluding carboxylic acids is 1. The number of sulfonamides is 1. The topological polar surface area (TPSA) is 80.5 Å². The van der Waals surface area contributed by atoms with E-state index in [1.807, 2.05) is 13.8 Å². The Morgan fingerprint density at radius 2 is 1.86 bits per heavy atom. The monoisotopic (exact) mass is 334 g/mol. The van der Waals surface area contributed by atoms with Gasteiger partial charge in [-0.05, 0) is 24.0 Å². The highest BCUT2D eigenvalue weighted by Crippen LogP contribution is 2.28. The van der Waals surface area contributed by atoms with Crippen LogP contribution in [-0.4, -0.2) is 32.3 Å². The first-order chi connectivity index (χ1) is 9.61. The molecule has 2 rings (SSSR count). The van der Waals surface area contributed by atoms with Crippen molar-refractivity contribution < 1.29 is 17.6 Å². The molecule has 0 saturated carbocycles. The normalized spacial score (nSPS) is 22.6. The zero-order valence-electron chi connectivity index (χ0n) is 11.6. The van der Waals surface area contributed by atoms with Gasteiger partial charge in [0.05, 0.1) is 5.56 Å². The lowest BCUT2D eigenvalue weighted by Gasteiger charge is -2.17. The van der Waals surface area contributed by atoms with E-state index < -0.39 is 26.6 Å². The van der Waals surface area contributed by atoms with E-state index in [2.05, 4.69) is 0 Å². The summed E-state index contributed by atoms with van der Waals surface area (Å²) in [5, 5.41) is 4.89. The summed E-state index contributed by atoms with van der Waals surface area (Å²) in [6, 6.07) is 2.03. The zero-order chi connectivity index (χ0) is 15.9. The van der Waals surface area contributed by atoms with E-state index in [0.29, 0.717) is 24.9 Å². The molecule has 2 unspecified atom stereocenters. The smallest absolute Gasteiger partial charge is 0.256 e. The summed E-state index contributed by atoms with van der Waals surface area (Å²) in [7, 11) is -4.29. The van der Waals surface area contributed by atoms with Crippen molar-refractivity contribution in [2.45, 2.75) is 18.7 Å². The number of hydrogen-bond acceptors (Lipinski definition) is 3. The highest BCUT2D eigenvalue weighted by molar-refractivity contribution is 7.89. The number of nitrogens with zero attached hydrogens (tertiary/aromatic N) is 1. The molecular weight excluding hydrogens is 319 g/mol. The molecule has 5 nitrogen and oxygen atoms in total. The van der Waals surface area contributed by atoms with E-state index in [0.717, 1.165) is 12.1 Å². The Hall–Kier alpha value is -1.18. The van der Waals surface area contributed by atoms with Crippen molar-refractivity contribution in [3.05, 3.63) is 28.5 Å². The number of benzene rings is 1. The Labute approximate surface area is 127 Å². The van der Waals surface area contributed by atoms with Crippen LogP contribution >= 0.6 is 11.6 Å². The summed E-state index contributed by atoms with van der Waals surface area (Å²) in [4.78, 5) is 13.1. The van der Waals surface area contributed by atoms with Gasteiger partial charge in [0.2, 0.25) is 10.0 Å². The van der Waals surface area contributed by atoms with Gasteiger partial charge in [0.15, 0.2) is 5.82 Å². The van der Waals surface area contributed by atoms with Gasteiger partial charge in [-0.1, -0.05) is 25.4 Å². The van der Waals surface area contributed by atoms with Gasteiger partial charge in [0, 0.05) is 18.1 Å². The molecule has 8 heteroatoms. The zero-order valence-corrected chi connectivity index (χ0v) is 13.2. The maximum atomic E-state index is 14.3. The second-order valence-corrected chi connectivity index (χ2v) is 7.44. The standard InChI is InChI=1S/C13H16ClFN2O3S/c1-7-5-17(6-8(7)2)13(18)10-3-9(14)4-11(12(10)15)21(16,19)20/h3-4,7-8H,5-6H2,1-2H3,(H2,16,19,20). The summed E-state index contributed by atoms with van der Waals surface area (Å²) in [5.74, 6) is -1.13. The second-order valence-electron chi connectivity index (χ2n) is 5.48. The summed E-state index contributed by atoms with van der Waals surface area (Å²) in [6.45, 7) is 5.00. The van der Waals surface area contributed by atoms with Crippen molar-refractivity contribution in [1.29, 1.82) is 0 Å². The predicted molar refractivity (Wildman–Crippen MR) is 77.0 cm³/mol. The average molecular weight is 335 g/mol.